The molecule has 0 radical (unpaired) electrons. The number of esters is 1. The summed E-state index contributed by atoms with van der Waals surface area (Å²) in [7, 11) is 3.06. The number of ether oxygens (including phenoxy) is 3. The van der Waals surface area contributed by atoms with E-state index in [1.54, 1.807) is 24.3 Å². The van der Waals surface area contributed by atoms with E-state index in [1.807, 2.05) is 30.3 Å². The number of amides is 1. The average Bonchev–Trinajstić information content (AvgIpc) is 2.72. The number of carbonyl (C=O) groups is 2. The van der Waals surface area contributed by atoms with Crippen molar-refractivity contribution in [3.05, 3.63) is 65.7 Å². The molecule has 0 heterocycles. The van der Waals surface area contributed by atoms with Crippen LogP contribution >= 0.6 is 0 Å². The summed E-state index contributed by atoms with van der Waals surface area (Å²) >= 11 is 0. The van der Waals surface area contributed by atoms with Gasteiger partial charge < -0.3 is 19.5 Å². The summed E-state index contributed by atoms with van der Waals surface area (Å²) in [6.45, 7) is 2.01. The lowest BCUT2D eigenvalue weighted by Gasteiger charge is -2.12. The highest BCUT2D eigenvalue weighted by molar-refractivity contribution is 5.90. The Morgan fingerprint density at radius 2 is 1.79 bits per heavy atom. The Labute approximate surface area is 165 Å². The zero-order valence-electron chi connectivity index (χ0n) is 16.3. The van der Waals surface area contributed by atoms with E-state index >= 15 is 0 Å². The maximum Gasteiger partial charge on any atom is 0.331 e. The summed E-state index contributed by atoms with van der Waals surface area (Å²) in [4.78, 5) is 24.1. The summed E-state index contributed by atoms with van der Waals surface area (Å²) in [5.74, 6) is 0.122. The lowest BCUT2D eigenvalue weighted by atomic mass is 10.1. The van der Waals surface area contributed by atoms with Crippen LogP contribution < -0.4 is 14.8 Å². The van der Waals surface area contributed by atoms with Crippen molar-refractivity contribution in [1.29, 1.82) is 0 Å². The molecule has 6 heteroatoms. The van der Waals surface area contributed by atoms with Gasteiger partial charge in [0.05, 0.1) is 14.2 Å². The maximum atomic E-state index is 12.1. The summed E-state index contributed by atoms with van der Waals surface area (Å²) in [5.41, 5.74) is 1.79. The second-order valence-corrected chi connectivity index (χ2v) is 6.02. The number of methoxy groups -OCH3 is 2. The molecule has 2 aromatic rings. The molecule has 28 heavy (non-hydrogen) atoms. The molecule has 1 unspecified atom stereocenters. The van der Waals surface area contributed by atoms with Gasteiger partial charge in [-0.3, -0.25) is 4.79 Å². The minimum atomic E-state index is -0.889. The first-order chi connectivity index (χ1) is 13.5. The van der Waals surface area contributed by atoms with E-state index in [0.717, 1.165) is 5.56 Å². The van der Waals surface area contributed by atoms with Crippen molar-refractivity contribution < 1.29 is 23.8 Å². The quantitative estimate of drug-likeness (QED) is 0.532. The first-order valence-corrected chi connectivity index (χ1v) is 8.96. The molecule has 1 N–H and O–H groups in total. The third-order valence-electron chi connectivity index (χ3n) is 4.05. The Bertz CT molecular complexity index is 817. The van der Waals surface area contributed by atoms with Gasteiger partial charge in [-0.1, -0.05) is 42.5 Å². The van der Waals surface area contributed by atoms with E-state index in [1.165, 1.54) is 27.2 Å². The minimum absolute atomic E-state index is 0.336. The van der Waals surface area contributed by atoms with Crippen molar-refractivity contribution in [3.8, 4) is 11.5 Å². The molecule has 0 fully saturated rings. The number of rotatable bonds is 9. The predicted octanol–water partition coefficient (Wildman–Crippen LogP) is 3.01. The van der Waals surface area contributed by atoms with Crippen molar-refractivity contribution in [2.45, 2.75) is 19.4 Å². The molecule has 2 aromatic carbocycles. The van der Waals surface area contributed by atoms with Gasteiger partial charge in [0.25, 0.3) is 5.91 Å². The third kappa shape index (κ3) is 6.16. The highest BCUT2D eigenvalue weighted by Crippen LogP contribution is 2.31. The second-order valence-electron chi connectivity index (χ2n) is 6.02. The molecule has 6 nitrogen and oxygen atoms in total. The number of hydrogen-bond acceptors (Lipinski definition) is 5. The first kappa shape index (κ1) is 21.0. The van der Waals surface area contributed by atoms with Gasteiger partial charge in [0.2, 0.25) is 0 Å². The van der Waals surface area contributed by atoms with Crippen LogP contribution in [0.3, 0.4) is 0 Å². The van der Waals surface area contributed by atoms with Gasteiger partial charge in [-0.25, -0.2) is 4.79 Å². The molecule has 0 spiro atoms. The Hall–Kier alpha value is -3.28. The van der Waals surface area contributed by atoms with E-state index in [9.17, 15) is 9.59 Å². The van der Waals surface area contributed by atoms with Crippen LogP contribution in [0.4, 0.5) is 0 Å². The smallest absolute Gasteiger partial charge is 0.331 e. The van der Waals surface area contributed by atoms with Crippen LogP contribution in [0.1, 0.15) is 18.1 Å². The van der Waals surface area contributed by atoms with Crippen LogP contribution in [0, 0.1) is 0 Å². The van der Waals surface area contributed by atoms with Crippen molar-refractivity contribution in [2.24, 2.45) is 0 Å². The van der Waals surface area contributed by atoms with E-state index in [2.05, 4.69) is 5.32 Å². The van der Waals surface area contributed by atoms with Crippen molar-refractivity contribution in [2.75, 3.05) is 20.8 Å². The van der Waals surface area contributed by atoms with Crippen LogP contribution in [0.25, 0.3) is 6.08 Å². The van der Waals surface area contributed by atoms with Gasteiger partial charge in [-0.2, -0.15) is 0 Å². The Kier molecular flexibility index (Phi) is 8.09. The van der Waals surface area contributed by atoms with Crippen LogP contribution in [-0.2, 0) is 20.7 Å². The van der Waals surface area contributed by atoms with Gasteiger partial charge in [-0.15, -0.1) is 0 Å². The van der Waals surface area contributed by atoms with Gasteiger partial charge in [0.15, 0.2) is 17.6 Å². The third-order valence-corrected chi connectivity index (χ3v) is 4.05. The summed E-state index contributed by atoms with van der Waals surface area (Å²) in [6, 6.07) is 15.2. The molecule has 1 atom stereocenters. The van der Waals surface area contributed by atoms with E-state index in [0.29, 0.717) is 30.0 Å². The normalized spacial score (nSPS) is 11.7. The molecule has 0 saturated carbocycles. The summed E-state index contributed by atoms with van der Waals surface area (Å²) in [5, 5.41) is 2.77. The molecule has 2 rings (SSSR count). The van der Waals surface area contributed by atoms with Crippen molar-refractivity contribution in [1.82, 2.24) is 5.32 Å². The topological polar surface area (TPSA) is 73.9 Å². The monoisotopic (exact) mass is 383 g/mol. The Morgan fingerprint density at radius 1 is 1.04 bits per heavy atom. The van der Waals surface area contributed by atoms with Gasteiger partial charge >= 0.3 is 5.97 Å². The van der Waals surface area contributed by atoms with Crippen LogP contribution in [0.5, 0.6) is 11.5 Å². The van der Waals surface area contributed by atoms with Crippen LogP contribution in [0.15, 0.2) is 54.6 Å². The summed E-state index contributed by atoms with van der Waals surface area (Å²) in [6.07, 6.45) is 2.64. The zero-order valence-corrected chi connectivity index (χ0v) is 16.3. The lowest BCUT2D eigenvalue weighted by molar-refractivity contribution is -0.150. The number of benzene rings is 2. The molecular weight excluding hydrogens is 358 g/mol. The largest absolute Gasteiger partial charge is 0.493 e. The zero-order chi connectivity index (χ0) is 20.4. The Balaban J connectivity index is 1.84. The average molecular weight is 383 g/mol. The van der Waals surface area contributed by atoms with Gasteiger partial charge in [-0.05, 0) is 31.1 Å². The minimum Gasteiger partial charge on any atom is -0.493 e. The first-order valence-electron chi connectivity index (χ1n) is 8.96. The van der Waals surface area contributed by atoms with E-state index in [-0.39, 0.29) is 5.91 Å². The van der Waals surface area contributed by atoms with Crippen LogP contribution in [0.2, 0.25) is 0 Å². The molecule has 0 aromatic heterocycles. The SMILES string of the molecule is COc1cccc(/C=C/C(=O)OC(C)C(=O)NCCc2ccccc2)c1OC. The Morgan fingerprint density at radius 3 is 2.46 bits per heavy atom. The molecule has 0 aliphatic rings. The lowest BCUT2D eigenvalue weighted by Crippen LogP contribution is -2.36. The maximum absolute atomic E-state index is 12.1. The van der Waals surface area contributed by atoms with Crippen molar-refractivity contribution >= 4 is 18.0 Å². The molecule has 0 aliphatic heterocycles. The summed E-state index contributed by atoms with van der Waals surface area (Å²) < 4.78 is 15.7. The predicted molar refractivity (Wildman–Crippen MR) is 107 cm³/mol. The number of para-hydroxylation sites is 1. The van der Waals surface area contributed by atoms with Crippen LogP contribution in [-0.4, -0.2) is 38.7 Å². The second kappa shape index (κ2) is 10.8. The standard InChI is InChI=1S/C22H25NO5/c1-16(22(25)23-15-14-17-8-5-4-6-9-17)28-20(24)13-12-18-10-7-11-19(26-2)21(18)27-3/h4-13,16H,14-15H2,1-3H3,(H,23,25)/b13-12+. The molecule has 0 saturated heterocycles. The highest BCUT2D eigenvalue weighted by Gasteiger charge is 2.16. The van der Waals surface area contributed by atoms with Gasteiger partial charge in [0, 0.05) is 18.2 Å². The number of nitrogens with one attached hydrogen (secondary N) is 1. The highest BCUT2D eigenvalue weighted by atomic mass is 16.5. The van der Waals surface area contributed by atoms with E-state index in [4.69, 9.17) is 14.2 Å². The fourth-order valence-corrected chi connectivity index (χ4v) is 2.59. The molecule has 148 valence electrons. The van der Waals surface area contributed by atoms with E-state index < -0.39 is 12.1 Å². The fourth-order valence-electron chi connectivity index (χ4n) is 2.59. The molecule has 1 amide bonds. The number of carbonyl (C=O) groups excluding carboxylic acids is 2. The van der Waals surface area contributed by atoms with Gasteiger partial charge in [0.1, 0.15) is 0 Å². The molecule has 0 aliphatic carbocycles. The fraction of sp³-hybridized carbons (Fsp3) is 0.273. The number of hydrogen-bond donors (Lipinski definition) is 1. The van der Waals surface area contributed by atoms with Crippen molar-refractivity contribution in [3.63, 3.8) is 0 Å². The molecular formula is C22H25NO5. The molecule has 0 bridgehead atoms.